The molecule has 0 aliphatic rings. The van der Waals surface area contributed by atoms with Gasteiger partial charge >= 0.3 is 0 Å². The molecule has 0 atom stereocenters. The molecule has 0 aliphatic carbocycles. The summed E-state index contributed by atoms with van der Waals surface area (Å²) in [6, 6.07) is 10.1. The maximum atomic E-state index is 12.9. The number of halogens is 2. The van der Waals surface area contributed by atoms with E-state index in [0.717, 1.165) is 0 Å². The van der Waals surface area contributed by atoms with E-state index in [1.165, 1.54) is 4.68 Å². The highest BCUT2D eigenvalue weighted by atomic mass is 35.5. The molecule has 156 valence electrons. The van der Waals surface area contributed by atoms with Crippen LogP contribution >= 0.6 is 23.2 Å². The van der Waals surface area contributed by atoms with E-state index in [9.17, 15) is 4.79 Å². The maximum absolute atomic E-state index is 12.9. The summed E-state index contributed by atoms with van der Waals surface area (Å²) in [6.45, 7) is 1.71. The molecule has 0 saturated heterocycles. The number of carbonyl (C=O) groups is 1. The van der Waals surface area contributed by atoms with Gasteiger partial charge in [-0.05, 0) is 41.5 Å². The van der Waals surface area contributed by atoms with Gasteiger partial charge in [0.2, 0.25) is 11.6 Å². The molecule has 3 heterocycles. The molecular weight excluding hydrogens is 445 g/mol. The van der Waals surface area contributed by atoms with Crippen LogP contribution < -0.4 is 11.2 Å². The van der Waals surface area contributed by atoms with Crippen molar-refractivity contribution in [2.75, 3.05) is 5.73 Å². The minimum Gasteiger partial charge on any atom is -0.378 e. The topological polar surface area (TPSA) is 150 Å². The molecule has 0 aliphatic heterocycles. The summed E-state index contributed by atoms with van der Waals surface area (Å²) in [6.07, 6.45) is 1.63. The van der Waals surface area contributed by atoms with Crippen molar-refractivity contribution in [1.82, 2.24) is 35.7 Å². The number of aromatic nitrogens is 6. The highest BCUT2D eigenvalue weighted by Gasteiger charge is 2.25. The lowest BCUT2D eigenvalue weighted by atomic mass is 10.1. The zero-order valence-corrected chi connectivity index (χ0v) is 17.3. The van der Waals surface area contributed by atoms with Crippen molar-refractivity contribution < 1.29 is 9.42 Å². The summed E-state index contributed by atoms with van der Waals surface area (Å²) in [5.41, 5.74) is 10.0. The van der Waals surface area contributed by atoms with Crippen LogP contribution in [0.2, 0.25) is 10.0 Å². The van der Waals surface area contributed by atoms with E-state index in [2.05, 4.69) is 40.8 Å². The fourth-order valence-electron chi connectivity index (χ4n) is 2.64. The second-order valence-corrected chi connectivity index (χ2v) is 6.97. The fraction of sp³-hybridized carbons (Fsp3) is 0.0556. The monoisotopic (exact) mass is 457 g/mol. The number of nitrogens with one attached hydrogen (secondary N) is 1. The Hall–Kier alpha value is -3.83. The second kappa shape index (κ2) is 8.50. The minimum absolute atomic E-state index is 0.0396. The Morgan fingerprint density at radius 3 is 2.71 bits per heavy atom. The van der Waals surface area contributed by atoms with E-state index in [-0.39, 0.29) is 28.0 Å². The minimum atomic E-state index is -0.627. The number of amides is 1. The van der Waals surface area contributed by atoms with Crippen molar-refractivity contribution >= 4 is 40.6 Å². The summed E-state index contributed by atoms with van der Waals surface area (Å²) in [4.78, 5) is 17.1. The third-order valence-corrected chi connectivity index (χ3v) is 4.87. The van der Waals surface area contributed by atoms with Crippen molar-refractivity contribution in [3.63, 3.8) is 0 Å². The molecule has 0 radical (unpaired) electrons. The number of benzene rings is 1. The fourth-order valence-corrected chi connectivity index (χ4v) is 2.94. The molecule has 1 amide bonds. The van der Waals surface area contributed by atoms with E-state index >= 15 is 0 Å². The van der Waals surface area contributed by atoms with E-state index in [1.54, 1.807) is 43.5 Å². The van der Waals surface area contributed by atoms with Crippen LogP contribution in [0.15, 0.2) is 52.3 Å². The summed E-state index contributed by atoms with van der Waals surface area (Å²) in [7, 11) is 0. The van der Waals surface area contributed by atoms with Crippen LogP contribution in [0, 0.1) is 0 Å². The van der Waals surface area contributed by atoms with Crippen molar-refractivity contribution in [3.05, 3.63) is 64.0 Å². The molecule has 0 fully saturated rings. The molecule has 31 heavy (non-hydrogen) atoms. The quantitative estimate of drug-likeness (QED) is 0.342. The van der Waals surface area contributed by atoms with E-state index < -0.39 is 5.91 Å². The number of rotatable bonds is 5. The summed E-state index contributed by atoms with van der Waals surface area (Å²) in [5.74, 6) is -0.611. The normalized spacial score (nSPS) is 11.5. The van der Waals surface area contributed by atoms with Crippen LogP contribution in [0.5, 0.6) is 0 Å². The first-order valence-corrected chi connectivity index (χ1v) is 9.47. The summed E-state index contributed by atoms with van der Waals surface area (Å²) >= 11 is 12.2. The van der Waals surface area contributed by atoms with Crippen LogP contribution in [0.25, 0.3) is 17.1 Å². The lowest BCUT2D eigenvalue weighted by Crippen LogP contribution is -2.21. The Labute approximate surface area is 184 Å². The molecule has 1 aromatic carbocycles. The van der Waals surface area contributed by atoms with Gasteiger partial charge in [0.15, 0.2) is 5.69 Å². The first kappa shape index (κ1) is 20.4. The molecule has 3 N–H and O–H groups in total. The van der Waals surface area contributed by atoms with Crippen LogP contribution in [-0.4, -0.2) is 41.9 Å². The van der Waals surface area contributed by atoms with E-state index in [0.29, 0.717) is 22.0 Å². The molecule has 4 rings (SSSR count). The predicted molar refractivity (Wildman–Crippen MR) is 113 cm³/mol. The highest BCUT2D eigenvalue weighted by Crippen LogP contribution is 2.31. The zero-order chi connectivity index (χ0) is 22.0. The molecule has 13 heteroatoms. The van der Waals surface area contributed by atoms with Gasteiger partial charge in [0.1, 0.15) is 5.69 Å². The van der Waals surface area contributed by atoms with Gasteiger partial charge in [0.05, 0.1) is 21.5 Å². The smallest absolute Gasteiger partial charge is 0.294 e. The lowest BCUT2D eigenvalue weighted by molar-refractivity contribution is 0.0950. The highest BCUT2D eigenvalue weighted by molar-refractivity contribution is 6.42. The van der Waals surface area contributed by atoms with Gasteiger partial charge in [-0.15, -0.1) is 5.10 Å². The first-order chi connectivity index (χ1) is 15.0. The van der Waals surface area contributed by atoms with Crippen LogP contribution in [0.3, 0.4) is 0 Å². The summed E-state index contributed by atoms with van der Waals surface area (Å²) in [5, 5.41) is 19.9. The molecule has 0 bridgehead atoms. The molecule has 0 saturated carbocycles. The molecule has 3 aromatic heterocycles. The number of hydrogen-bond acceptors (Lipinski definition) is 9. The Kier molecular flexibility index (Phi) is 5.60. The van der Waals surface area contributed by atoms with Gasteiger partial charge in [0, 0.05) is 11.8 Å². The number of nitrogens with zero attached hydrogens (tertiary/aromatic N) is 7. The third-order valence-electron chi connectivity index (χ3n) is 4.14. The number of nitrogens with two attached hydrogens (primary N) is 1. The van der Waals surface area contributed by atoms with Crippen molar-refractivity contribution in [3.8, 4) is 17.1 Å². The van der Waals surface area contributed by atoms with Crippen molar-refractivity contribution in [1.29, 1.82) is 0 Å². The average molecular weight is 458 g/mol. The van der Waals surface area contributed by atoms with Gasteiger partial charge in [0.25, 0.3) is 5.91 Å². The third kappa shape index (κ3) is 4.09. The second-order valence-electron chi connectivity index (χ2n) is 6.15. The zero-order valence-electron chi connectivity index (χ0n) is 15.8. The Morgan fingerprint density at radius 1 is 1.19 bits per heavy atom. The standard InChI is InChI=1S/C18H13Cl2N9O2/c1-9(13-4-2-3-7-22-13)23-25-18(30)14-15(10-5-6-11(19)12(20)8-10)29(28-24-14)17-16(21)26-31-27-17/h2-8H,1H3,(H2,21,26)(H,25,30). The van der Waals surface area contributed by atoms with Crippen molar-refractivity contribution in [2.24, 2.45) is 5.10 Å². The number of anilines is 1. The van der Waals surface area contributed by atoms with E-state index in [4.69, 9.17) is 28.9 Å². The van der Waals surface area contributed by atoms with Gasteiger partial charge in [-0.25, -0.2) is 10.1 Å². The molecule has 0 spiro atoms. The maximum Gasteiger partial charge on any atom is 0.294 e. The molecule has 4 aromatic rings. The number of hydrazone groups is 1. The van der Waals surface area contributed by atoms with Crippen LogP contribution in [0.1, 0.15) is 23.1 Å². The van der Waals surface area contributed by atoms with Crippen LogP contribution in [-0.2, 0) is 0 Å². The molecular formula is C18H13Cl2N9O2. The largest absolute Gasteiger partial charge is 0.378 e. The van der Waals surface area contributed by atoms with Gasteiger partial charge < -0.3 is 5.73 Å². The van der Waals surface area contributed by atoms with Gasteiger partial charge in [-0.3, -0.25) is 9.78 Å². The van der Waals surface area contributed by atoms with Gasteiger partial charge in [-0.1, -0.05) is 40.5 Å². The van der Waals surface area contributed by atoms with Crippen LogP contribution in [0.4, 0.5) is 5.82 Å². The van der Waals surface area contributed by atoms with Crippen molar-refractivity contribution in [2.45, 2.75) is 6.92 Å². The number of pyridine rings is 1. The number of hydrogen-bond donors (Lipinski definition) is 2. The Morgan fingerprint density at radius 2 is 2.03 bits per heavy atom. The predicted octanol–water partition coefficient (Wildman–Crippen LogP) is 2.76. The average Bonchev–Trinajstić information content (AvgIpc) is 3.40. The lowest BCUT2D eigenvalue weighted by Gasteiger charge is -2.07. The Balaban J connectivity index is 1.75. The molecule has 11 nitrogen and oxygen atoms in total. The summed E-state index contributed by atoms with van der Waals surface area (Å²) < 4.78 is 5.86. The molecule has 0 unspecified atom stereocenters. The number of nitrogen functional groups attached to an aromatic ring is 1. The number of carbonyl (C=O) groups excluding carboxylic acids is 1. The Bertz CT molecular complexity index is 1280. The van der Waals surface area contributed by atoms with E-state index in [1.807, 2.05) is 6.07 Å². The van der Waals surface area contributed by atoms with Gasteiger partial charge in [-0.2, -0.15) is 9.78 Å². The SMILES string of the molecule is CC(=NNC(=O)c1nnn(-c2nonc2N)c1-c1ccc(Cl)c(Cl)c1)c1ccccn1. The first-order valence-electron chi connectivity index (χ1n) is 8.71.